The molecule has 2 amide bonds. The van der Waals surface area contributed by atoms with Crippen molar-refractivity contribution in [1.29, 1.82) is 0 Å². The number of hydrogen-bond acceptors (Lipinski definition) is 4. The van der Waals surface area contributed by atoms with E-state index in [0.29, 0.717) is 5.92 Å². The summed E-state index contributed by atoms with van der Waals surface area (Å²) >= 11 is 0. The van der Waals surface area contributed by atoms with Crippen LogP contribution in [0.15, 0.2) is 30.3 Å². The quantitative estimate of drug-likeness (QED) is 0.717. The molecule has 0 spiro atoms. The fraction of sp³-hybridized carbons (Fsp3) is 0.667. The van der Waals surface area contributed by atoms with E-state index in [1.165, 1.54) is 5.56 Å². The van der Waals surface area contributed by atoms with Crippen LogP contribution in [0, 0.1) is 17.8 Å². The van der Waals surface area contributed by atoms with Gasteiger partial charge in [-0.25, -0.2) is 0 Å². The lowest BCUT2D eigenvalue weighted by molar-refractivity contribution is -0.140. The minimum atomic E-state index is -0.596. The van der Waals surface area contributed by atoms with Gasteiger partial charge in [-0.3, -0.25) is 14.5 Å². The molecule has 2 fully saturated rings. The lowest BCUT2D eigenvalue weighted by Crippen LogP contribution is -2.58. The molecule has 0 aromatic heterocycles. The number of nitrogens with one attached hydrogen (secondary N) is 1. The normalized spacial score (nSPS) is 24.0. The van der Waals surface area contributed by atoms with Crippen LogP contribution in [0.4, 0.5) is 0 Å². The third-order valence-electron chi connectivity index (χ3n) is 6.73. The summed E-state index contributed by atoms with van der Waals surface area (Å²) in [6.45, 7) is 11.5. The Balaban J connectivity index is 1.67. The topological polar surface area (TPSA) is 78.7 Å². The largest absolute Gasteiger partial charge is 0.343 e. The monoisotopic (exact) mass is 414 g/mol. The summed E-state index contributed by atoms with van der Waals surface area (Å²) in [6, 6.07) is 9.62. The van der Waals surface area contributed by atoms with Crippen molar-refractivity contribution in [3.05, 3.63) is 35.9 Å². The zero-order valence-electron chi connectivity index (χ0n) is 18.9. The first-order chi connectivity index (χ1) is 14.3. The summed E-state index contributed by atoms with van der Waals surface area (Å²) in [5.41, 5.74) is 7.32. The Morgan fingerprint density at radius 2 is 1.73 bits per heavy atom. The predicted molar refractivity (Wildman–Crippen MR) is 120 cm³/mol. The van der Waals surface area contributed by atoms with Crippen LogP contribution in [-0.4, -0.2) is 59.4 Å². The summed E-state index contributed by atoms with van der Waals surface area (Å²) in [5.74, 6) is 0.422. The van der Waals surface area contributed by atoms with Crippen LogP contribution in [0.1, 0.15) is 46.1 Å². The van der Waals surface area contributed by atoms with Gasteiger partial charge >= 0.3 is 0 Å². The maximum Gasteiger partial charge on any atom is 0.245 e. The van der Waals surface area contributed by atoms with Crippen LogP contribution < -0.4 is 11.1 Å². The zero-order valence-corrected chi connectivity index (χ0v) is 18.9. The molecule has 1 aromatic carbocycles. The van der Waals surface area contributed by atoms with Gasteiger partial charge in [0.05, 0.1) is 6.04 Å². The average molecular weight is 415 g/mol. The molecule has 30 heavy (non-hydrogen) atoms. The van der Waals surface area contributed by atoms with Crippen molar-refractivity contribution in [2.45, 2.75) is 65.2 Å². The molecule has 6 heteroatoms. The van der Waals surface area contributed by atoms with E-state index in [-0.39, 0.29) is 29.7 Å². The highest BCUT2D eigenvalue weighted by Gasteiger charge is 2.43. The van der Waals surface area contributed by atoms with Crippen LogP contribution in [0.2, 0.25) is 0 Å². The fourth-order valence-electron chi connectivity index (χ4n) is 4.71. The van der Waals surface area contributed by atoms with Crippen molar-refractivity contribution in [2.24, 2.45) is 23.5 Å². The highest BCUT2D eigenvalue weighted by atomic mass is 16.2. The molecule has 166 valence electrons. The molecular weight excluding hydrogens is 376 g/mol. The number of rotatable bonds is 7. The van der Waals surface area contributed by atoms with Crippen molar-refractivity contribution in [3.8, 4) is 0 Å². The van der Waals surface area contributed by atoms with Gasteiger partial charge in [-0.05, 0) is 42.7 Å². The summed E-state index contributed by atoms with van der Waals surface area (Å²) in [7, 11) is 0. The van der Waals surface area contributed by atoms with Crippen LogP contribution in [0.3, 0.4) is 0 Å². The number of carbonyl (C=O) groups is 2. The molecule has 3 N–H and O–H groups in total. The molecular formula is C24H38N4O2. The van der Waals surface area contributed by atoms with Crippen LogP contribution >= 0.6 is 0 Å². The minimum absolute atomic E-state index is 0.0175. The molecule has 2 heterocycles. The average Bonchev–Trinajstić information content (AvgIpc) is 3.14. The first-order valence-electron chi connectivity index (χ1n) is 11.4. The van der Waals surface area contributed by atoms with E-state index in [1.807, 2.05) is 38.7 Å². The highest BCUT2D eigenvalue weighted by molar-refractivity contribution is 5.90. The number of benzene rings is 1. The smallest absolute Gasteiger partial charge is 0.245 e. The maximum atomic E-state index is 13.5. The van der Waals surface area contributed by atoms with Gasteiger partial charge in [0.1, 0.15) is 6.04 Å². The standard InChI is InChI=1S/C24H38N4O2/c1-16(2)21(25)23(29)26-22(17(3)4)24(30)28-13-11-19-10-12-27(15-20(19)28)14-18-8-6-5-7-9-18/h5-9,16-17,19-22H,10-15,25H2,1-4H3,(H,26,29)/t19?,20?,21-,22-/m0/s1. The third-order valence-corrected chi connectivity index (χ3v) is 6.73. The van der Waals surface area contributed by atoms with Gasteiger partial charge in [0.25, 0.3) is 0 Å². The number of likely N-dealkylation sites (tertiary alicyclic amines) is 2. The van der Waals surface area contributed by atoms with Gasteiger partial charge in [-0.2, -0.15) is 0 Å². The first kappa shape index (κ1) is 22.8. The molecule has 0 radical (unpaired) electrons. The Bertz CT molecular complexity index is 721. The second kappa shape index (κ2) is 9.92. The van der Waals surface area contributed by atoms with Crippen LogP contribution in [0.25, 0.3) is 0 Å². The Hall–Kier alpha value is -1.92. The summed E-state index contributed by atoms with van der Waals surface area (Å²) in [6.07, 6.45) is 2.18. The fourth-order valence-corrected chi connectivity index (χ4v) is 4.71. The molecule has 0 bridgehead atoms. The van der Waals surface area contributed by atoms with Crippen LogP contribution in [-0.2, 0) is 16.1 Å². The lowest BCUT2D eigenvalue weighted by Gasteiger charge is -2.40. The van der Waals surface area contributed by atoms with Gasteiger partial charge in [0, 0.05) is 25.7 Å². The summed E-state index contributed by atoms with van der Waals surface area (Å²) in [4.78, 5) is 30.5. The molecule has 0 aliphatic carbocycles. The van der Waals surface area contributed by atoms with Gasteiger partial charge in [0.2, 0.25) is 11.8 Å². The van der Waals surface area contributed by atoms with E-state index in [4.69, 9.17) is 5.73 Å². The number of amides is 2. The van der Waals surface area contributed by atoms with Crippen molar-refractivity contribution in [3.63, 3.8) is 0 Å². The van der Waals surface area contributed by atoms with Crippen molar-refractivity contribution in [2.75, 3.05) is 19.6 Å². The van der Waals surface area contributed by atoms with Gasteiger partial charge in [0.15, 0.2) is 0 Å². The second-order valence-electron chi connectivity index (χ2n) is 9.66. The van der Waals surface area contributed by atoms with E-state index < -0.39 is 12.1 Å². The van der Waals surface area contributed by atoms with Crippen LogP contribution in [0.5, 0.6) is 0 Å². The summed E-state index contributed by atoms with van der Waals surface area (Å²) in [5, 5.41) is 2.95. The summed E-state index contributed by atoms with van der Waals surface area (Å²) < 4.78 is 0. The zero-order chi connectivity index (χ0) is 21.8. The van der Waals surface area contributed by atoms with Gasteiger partial charge < -0.3 is 16.0 Å². The number of nitrogens with zero attached hydrogens (tertiary/aromatic N) is 2. The van der Waals surface area contributed by atoms with E-state index in [2.05, 4.69) is 34.5 Å². The van der Waals surface area contributed by atoms with Gasteiger partial charge in [-0.15, -0.1) is 0 Å². The van der Waals surface area contributed by atoms with E-state index >= 15 is 0 Å². The van der Waals surface area contributed by atoms with E-state index in [9.17, 15) is 9.59 Å². The van der Waals surface area contributed by atoms with Crippen molar-refractivity contribution in [1.82, 2.24) is 15.1 Å². The third kappa shape index (κ3) is 5.22. The van der Waals surface area contributed by atoms with Crippen molar-refractivity contribution < 1.29 is 9.59 Å². The van der Waals surface area contributed by atoms with Gasteiger partial charge in [-0.1, -0.05) is 58.0 Å². The molecule has 2 saturated heterocycles. The molecule has 0 saturated carbocycles. The molecule has 1 aromatic rings. The molecule has 2 unspecified atom stereocenters. The van der Waals surface area contributed by atoms with Crippen molar-refractivity contribution >= 4 is 11.8 Å². The minimum Gasteiger partial charge on any atom is -0.343 e. The van der Waals surface area contributed by atoms with E-state index in [1.54, 1.807) is 0 Å². The molecule has 4 atom stereocenters. The Morgan fingerprint density at radius 1 is 1.07 bits per heavy atom. The molecule has 2 aliphatic rings. The molecule has 6 nitrogen and oxygen atoms in total. The number of carbonyl (C=O) groups excluding carboxylic acids is 2. The first-order valence-corrected chi connectivity index (χ1v) is 11.4. The van der Waals surface area contributed by atoms with E-state index in [0.717, 1.165) is 39.0 Å². The number of nitrogens with two attached hydrogens (primary N) is 1. The second-order valence-corrected chi connectivity index (χ2v) is 9.66. The molecule has 3 rings (SSSR count). The maximum absolute atomic E-state index is 13.5. The lowest BCUT2D eigenvalue weighted by atomic mass is 9.91. The Morgan fingerprint density at radius 3 is 2.37 bits per heavy atom. The Kier molecular flexibility index (Phi) is 7.53. The SMILES string of the molecule is CC(C)[C@H](N)C(=O)N[C@H](C(=O)N1CCC2CCN(Cc3ccccc3)CC21)C(C)C. The number of hydrogen-bond donors (Lipinski definition) is 2. The number of fused-ring (bicyclic) bond motifs is 1. The molecule has 2 aliphatic heterocycles. The Labute approximate surface area is 181 Å². The highest BCUT2D eigenvalue weighted by Crippen LogP contribution is 2.33. The predicted octanol–water partition coefficient (Wildman–Crippen LogP) is 2.23. The number of piperidine rings is 1.